The standard InChI is InChI=1S/C3H7NO2S2/c4-8(5,6)3(7)1-2-3/h7H,1-2H2,(H2,4,5,6). The van der Waals surface area contributed by atoms with Gasteiger partial charge < -0.3 is 0 Å². The van der Waals surface area contributed by atoms with Crippen molar-refractivity contribution in [2.75, 3.05) is 0 Å². The summed E-state index contributed by atoms with van der Waals surface area (Å²) in [5, 5.41) is 4.77. The molecule has 1 saturated carbocycles. The third kappa shape index (κ3) is 0.852. The fraction of sp³-hybridized carbons (Fsp3) is 1.00. The lowest BCUT2D eigenvalue weighted by Crippen LogP contribution is -2.24. The molecule has 1 rings (SSSR count). The van der Waals surface area contributed by atoms with Gasteiger partial charge in [0.2, 0.25) is 10.0 Å². The van der Waals surface area contributed by atoms with Crippen LogP contribution in [0.1, 0.15) is 12.8 Å². The maximum absolute atomic E-state index is 10.4. The molecule has 0 bridgehead atoms. The first-order chi connectivity index (χ1) is 3.46. The van der Waals surface area contributed by atoms with E-state index >= 15 is 0 Å². The predicted octanol–water partition coefficient (Wildman–Crippen LogP) is -0.305. The van der Waals surface area contributed by atoms with Crippen LogP contribution in [-0.4, -0.2) is 12.5 Å². The Morgan fingerprint density at radius 2 is 1.88 bits per heavy atom. The SMILES string of the molecule is NS(=O)(=O)C1(S)CC1. The molecule has 0 spiro atoms. The molecule has 8 heavy (non-hydrogen) atoms. The molecule has 1 aliphatic carbocycles. The average Bonchev–Trinajstić information content (AvgIpc) is 2.16. The minimum absolute atomic E-state index is 0.592. The molecule has 48 valence electrons. The van der Waals surface area contributed by atoms with Gasteiger partial charge in [-0.25, -0.2) is 13.6 Å². The summed E-state index contributed by atoms with van der Waals surface area (Å²) in [5.74, 6) is 0. The molecular formula is C3H7NO2S2. The summed E-state index contributed by atoms with van der Waals surface area (Å²) in [6, 6.07) is 0. The lowest BCUT2D eigenvalue weighted by Gasteiger charge is -2.00. The Balaban J connectivity index is 2.90. The van der Waals surface area contributed by atoms with Crippen LogP contribution in [0.25, 0.3) is 0 Å². The number of nitrogens with two attached hydrogens (primary N) is 1. The van der Waals surface area contributed by atoms with Crippen LogP contribution in [0.3, 0.4) is 0 Å². The lowest BCUT2D eigenvalue weighted by molar-refractivity contribution is 0.594. The van der Waals surface area contributed by atoms with E-state index < -0.39 is 14.1 Å². The highest BCUT2D eigenvalue weighted by Gasteiger charge is 2.49. The first-order valence-corrected chi connectivity index (χ1v) is 4.20. The zero-order chi connectivity index (χ0) is 6.41. The Hall–Kier alpha value is 0.260. The molecule has 0 aromatic heterocycles. The molecule has 0 heterocycles. The maximum atomic E-state index is 10.4. The van der Waals surface area contributed by atoms with Crippen molar-refractivity contribution in [2.45, 2.75) is 16.9 Å². The molecule has 0 amide bonds. The average molecular weight is 153 g/mol. The Labute approximate surface area is 53.7 Å². The molecule has 0 aromatic carbocycles. The van der Waals surface area contributed by atoms with Crippen molar-refractivity contribution in [1.82, 2.24) is 0 Å². The van der Waals surface area contributed by atoms with Gasteiger partial charge in [-0.3, -0.25) is 0 Å². The topological polar surface area (TPSA) is 60.2 Å². The Kier molecular flexibility index (Phi) is 1.12. The molecule has 0 atom stereocenters. The molecule has 5 heteroatoms. The number of hydrogen-bond donors (Lipinski definition) is 2. The van der Waals surface area contributed by atoms with Crippen LogP contribution in [0.15, 0.2) is 0 Å². The van der Waals surface area contributed by atoms with Gasteiger partial charge in [-0.1, -0.05) is 0 Å². The fourth-order valence-corrected chi connectivity index (χ4v) is 1.17. The molecule has 0 aliphatic heterocycles. The van der Waals surface area contributed by atoms with Gasteiger partial charge in [0, 0.05) is 0 Å². The van der Waals surface area contributed by atoms with Gasteiger partial charge in [-0.15, -0.1) is 0 Å². The Morgan fingerprint density at radius 1 is 1.50 bits per heavy atom. The highest BCUT2D eigenvalue weighted by Crippen LogP contribution is 2.45. The molecule has 1 aliphatic rings. The van der Waals surface area contributed by atoms with Gasteiger partial charge in [-0.2, -0.15) is 12.6 Å². The number of sulfonamides is 1. The van der Waals surface area contributed by atoms with Crippen LogP contribution in [0.2, 0.25) is 0 Å². The molecular weight excluding hydrogens is 146 g/mol. The highest BCUT2D eigenvalue weighted by atomic mass is 32.3. The summed E-state index contributed by atoms with van der Waals surface area (Å²) in [5.41, 5.74) is 0. The molecule has 0 aromatic rings. The molecule has 1 fully saturated rings. The van der Waals surface area contributed by atoms with Gasteiger partial charge in [0.05, 0.1) is 0 Å². The van der Waals surface area contributed by atoms with Gasteiger partial charge in [0.1, 0.15) is 4.08 Å². The summed E-state index contributed by atoms with van der Waals surface area (Å²) in [6.07, 6.45) is 1.18. The summed E-state index contributed by atoms with van der Waals surface area (Å²) in [4.78, 5) is 0. The first-order valence-electron chi connectivity index (χ1n) is 2.20. The van der Waals surface area contributed by atoms with Crippen LogP contribution in [-0.2, 0) is 10.0 Å². The van der Waals surface area contributed by atoms with Gasteiger partial charge in [-0.05, 0) is 12.8 Å². The minimum Gasteiger partial charge on any atom is -0.228 e. The van der Waals surface area contributed by atoms with E-state index in [-0.39, 0.29) is 0 Å². The normalized spacial score (nSPS) is 25.2. The Bertz CT molecular complexity index is 191. The molecule has 2 N–H and O–H groups in total. The van der Waals surface area contributed by atoms with E-state index in [0.29, 0.717) is 12.8 Å². The van der Waals surface area contributed by atoms with Crippen LogP contribution < -0.4 is 5.14 Å². The van der Waals surface area contributed by atoms with E-state index in [1.54, 1.807) is 0 Å². The number of hydrogen-bond acceptors (Lipinski definition) is 3. The summed E-state index contributed by atoms with van der Waals surface area (Å²) >= 11 is 3.83. The van der Waals surface area contributed by atoms with Crippen molar-refractivity contribution in [2.24, 2.45) is 5.14 Å². The van der Waals surface area contributed by atoms with E-state index in [0.717, 1.165) is 0 Å². The zero-order valence-electron chi connectivity index (χ0n) is 4.16. The lowest BCUT2D eigenvalue weighted by atomic mass is 10.9. The maximum Gasteiger partial charge on any atom is 0.223 e. The van der Waals surface area contributed by atoms with E-state index in [1.165, 1.54) is 0 Å². The van der Waals surface area contributed by atoms with E-state index in [9.17, 15) is 8.42 Å². The summed E-state index contributed by atoms with van der Waals surface area (Å²) in [6.45, 7) is 0. The minimum atomic E-state index is -3.36. The Morgan fingerprint density at radius 3 is 1.88 bits per heavy atom. The monoisotopic (exact) mass is 153 g/mol. The number of primary sulfonamides is 1. The van der Waals surface area contributed by atoms with Crippen molar-refractivity contribution in [3.63, 3.8) is 0 Å². The van der Waals surface area contributed by atoms with Crippen molar-refractivity contribution in [1.29, 1.82) is 0 Å². The molecule has 3 nitrogen and oxygen atoms in total. The van der Waals surface area contributed by atoms with Gasteiger partial charge >= 0.3 is 0 Å². The van der Waals surface area contributed by atoms with Gasteiger partial charge in [0.25, 0.3) is 0 Å². The third-order valence-electron chi connectivity index (χ3n) is 1.21. The van der Waals surface area contributed by atoms with Crippen LogP contribution in [0.4, 0.5) is 0 Å². The second kappa shape index (κ2) is 1.40. The number of thiol groups is 1. The van der Waals surface area contributed by atoms with Crippen molar-refractivity contribution < 1.29 is 8.42 Å². The van der Waals surface area contributed by atoms with Crippen molar-refractivity contribution in [3.8, 4) is 0 Å². The van der Waals surface area contributed by atoms with Crippen molar-refractivity contribution in [3.05, 3.63) is 0 Å². The highest BCUT2D eigenvalue weighted by molar-refractivity contribution is 8.05. The van der Waals surface area contributed by atoms with Crippen molar-refractivity contribution >= 4 is 22.7 Å². The van der Waals surface area contributed by atoms with Crippen LogP contribution >= 0.6 is 12.6 Å². The zero-order valence-corrected chi connectivity index (χ0v) is 5.87. The quantitative estimate of drug-likeness (QED) is 0.508. The van der Waals surface area contributed by atoms with Gasteiger partial charge in [0.15, 0.2) is 0 Å². The smallest absolute Gasteiger partial charge is 0.223 e. The molecule has 0 unspecified atom stereocenters. The summed E-state index contributed by atoms with van der Waals surface area (Å²) in [7, 11) is -3.36. The predicted molar refractivity (Wildman–Crippen MR) is 34.1 cm³/mol. The fourth-order valence-electron chi connectivity index (χ4n) is 0.391. The second-order valence-electron chi connectivity index (χ2n) is 1.99. The molecule has 0 saturated heterocycles. The largest absolute Gasteiger partial charge is 0.228 e. The van der Waals surface area contributed by atoms with Crippen LogP contribution in [0, 0.1) is 0 Å². The first kappa shape index (κ1) is 6.38. The summed E-state index contributed by atoms with van der Waals surface area (Å²) < 4.78 is 20.0. The van der Waals surface area contributed by atoms with E-state index in [4.69, 9.17) is 5.14 Å². The van der Waals surface area contributed by atoms with E-state index in [1.807, 2.05) is 0 Å². The second-order valence-corrected chi connectivity index (χ2v) is 5.02. The molecule has 0 radical (unpaired) electrons. The number of rotatable bonds is 1. The third-order valence-corrected chi connectivity index (χ3v) is 3.89. The van der Waals surface area contributed by atoms with Crippen LogP contribution in [0.5, 0.6) is 0 Å². The van der Waals surface area contributed by atoms with E-state index in [2.05, 4.69) is 12.6 Å².